The fourth-order valence-corrected chi connectivity index (χ4v) is 3.48. The van der Waals surface area contributed by atoms with Gasteiger partial charge in [-0.25, -0.2) is 9.82 Å². The number of rotatable bonds is 5. The van der Waals surface area contributed by atoms with Crippen LogP contribution in [0.2, 0.25) is 0 Å². The second-order valence-corrected chi connectivity index (χ2v) is 6.95. The van der Waals surface area contributed by atoms with E-state index in [2.05, 4.69) is 15.8 Å². The Balaban J connectivity index is 1.53. The third-order valence-corrected chi connectivity index (χ3v) is 4.95. The number of hydrogen-bond acceptors (Lipinski definition) is 5. The molecule has 2 aromatic heterocycles. The first-order valence-electron chi connectivity index (χ1n) is 9.59. The molecule has 2 amide bonds. The molecular weight excluding hydrogens is 389 g/mol. The predicted molar refractivity (Wildman–Crippen MR) is 107 cm³/mol. The number of halogens is 1. The lowest BCUT2D eigenvalue weighted by Gasteiger charge is -2.13. The molecule has 0 atom stereocenters. The molecule has 0 spiro atoms. The van der Waals surface area contributed by atoms with Crippen LogP contribution in [-0.4, -0.2) is 17.5 Å². The molecule has 7 nitrogen and oxygen atoms in total. The number of carbonyl (C=O) groups excluding carboxylic acids is 2. The molecule has 1 aliphatic carbocycles. The van der Waals surface area contributed by atoms with Crippen LogP contribution in [0.25, 0.3) is 0 Å². The Morgan fingerprint density at radius 1 is 1.13 bits per heavy atom. The summed E-state index contributed by atoms with van der Waals surface area (Å²) in [6.45, 7) is 2.03. The number of amides is 2. The van der Waals surface area contributed by atoms with Crippen molar-refractivity contribution in [2.24, 2.45) is 5.10 Å². The highest BCUT2D eigenvalue weighted by atomic mass is 19.1. The Labute approximate surface area is 172 Å². The normalized spacial score (nSPS) is 14.4. The van der Waals surface area contributed by atoms with E-state index in [0.29, 0.717) is 35.6 Å². The lowest BCUT2D eigenvalue weighted by atomic mass is 9.93. The number of benzene rings is 1. The van der Waals surface area contributed by atoms with Gasteiger partial charge in [-0.1, -0.05) is 12.1 Å². The van der Waals surface area contributed by atoms with Gasteiger partial charge in [-0.3, -0.25) is 9.59 Å². The Hall–Kier alpha value is -3.68. The number of furan rings is 2. The summed E-state index contributed by atoms with van der Waals surface area (Å²) in [6, 6.07) is 9.22. The third kappa shape index (κ3) is 3.89. The summed E-state index contributed by atoms with van der Waals surface area (Å²) < 4.78 is 24.8. The van der Waals surface area contributed by atoms with Crippen LogP contribution in [0, 0.1) is 12.7 Å². The van der Waals surface area contributed by atoms with E-state index in [4.69, 9.17) is 8.83 Å². The molecule has 154 valence electrons. The fraction of sp³-hybridized carbons (Fsp3) is 0.227. The molecule has 4 rings (SSSR count). The van der Waals surface area contributed by atoms with Crippen LogP contribution >= 0.6 is 0 Å². The minimum absolute atomic E-state index is 0.0835. The molecule has 0 radical (unpaired) electrons. The second kappa shape index (κ2) is 8.36. The maximum absolute atomic E-state index is 13.8. The van der Waals surface area contributed by atoms with E-state index in [9.17, 15) is 14.0 Å². The molecule has 0 saturated heterocycles. The van der Waals surface area contributed by atoms with Crippen LogP contribution in [0.1, 0.15) is 56.4 Å². The first kappa shape index (κ1) is 19.6. The van der Waals surface area contributed by atoms with Crippen LogP contribution in [0.15, 0.2) is 56.6 Å². The summed E-state index contributed by atoms with van der Waals surface area (Å²) in [5.74, 6) is -0.106. The quantitative estimate of drug-likeness (QED) is 0.628. The van der Waals surface area contributed by atoms with Crippen molar-refractivity contribution in [3.8, 4) is 0 Å². The Kier molecular flexibility index (Phi) is 5.47. The van der Waals surface area contributed by atoms with Gasteiger partial charge < -0.3 is 14.2 Å². The van der Waals surface area contributed by atoms with Crippen LogP contribution in [0.4, 0.5) is 4.39 Å². The summed E-state index contributed by atoms with van der Waals surface area (Å²) in [6.07, 6.45) is 3.58. The Morgan fingerprint density at radius 3 is 2.73 bits per heavy atom. The summed E-state index contributed by atoms with van der Waals surface area (Å²) in [5.41, 5.74) is 4.31. The largest absolute Gasteiger partial charge is 0.467 e. The van der Waals surface area contributed by atoms with Gasteiger partial charge >= 0.3 is 0 Å². The van der Waals surface area contributed by atoms with Crippen LogP contribution in [0.5, 0.6) is 0 Å². The van der Waals surface area contributed by atoms with Gasteiger partial charge in [-0.05, 0) is 44.0 Å². The molecule has 1 aliphatic rings. The topological polar surface area (TPSA) is 96.8 Å². The van der Waals surface area contributed by atoms with Crippen molar-refractivity contribution in [2.45, 2.75) is 32.7 Å². The summed E-state index contributed by atoms with van der Waals surface area (Å²) >= 11 is 0. The van der Waals surface area contributed by atoms with Crippen molar-refractivity contribution in [1.29, 1.82) is 0 Å². The number of nitrogens with zero attached hydrogens (tertiary/aromatic N) is 1. The minimum atomic E-state index is -0.634. The van der Waals surface area contributed by atoms with E-state index in [0.717, 1.165) is 12.0 Å². The first-order chi connectivity index (χ1) is 14.5. The van der Waals surface area contributed by atoms with Crippen molar-refractivity contribution in [3.63, 3.8) is 0 Å². The molecule has 2 N–H and O–H groups in total. The fourth-order valence-electron chi connectivity index (χ4n) is 3.48. The molecule has 0 saturated carbocycles. The number of hydrogen-bond donors (Lipinski definition) is 2. The number of nitrogens with one attached hydrogen (secondary N) is 2. The van der Waals surface area contributed by atoms with Crippen LogP contribution in [0.3, 0.4) is 0 Å². The number of carbonyl (C=O) groups is 2. The Bertz CT molecular complexity index is 1120. The zero-order valence-electron chi connectivity index (χ0n) is 16.3. The van der Waals surface area contributed by atoms with Gasteiger partial charge in [0, 0.05) is 17.5 Å². The Morgan fingerprint density at radius 2 is 1.97 bits per heavy atom. The molecule has 3 aromatic rings. The van der Waals surface area contributed by atoms with Gasteiger partial charge in [-0.2, -0.15) is 5.10 Å². The molecule has 0 bridgehead atoms. The lowest BCUT2D eigenvalue weighted by molar-refractivity contribution is 0.0916. The number of aryl methyl sites for hydroxylation is 1. The number of hydrazone groups is 1. The number of fused-ring (bicyclic) bond motifs is 1. The van der Waals surface area contributed by atoms with Gasteiger partial charge in [0.15, 0.2) is 5.76 Å². The molecular formula is C22H20FN3O4. The van der Waals surface area contributed by atoms with Crippen molar-refractivity contribution in [1.82, 2.24) is 10.7 Å². The molecule has 0 unspecified atom stereocenters. The molecule has 0 fully saturated rings. The van der Waals surface area contributed by atoms with Gasteiger partial charge in [0.05, 0.1) is 24.1 Å². The molecule has 2 heterocycles. The van der Waals surface area contributed by atoms with Gasteiger partial charge in [0.2, 0.25) is 0 Å². The van der Waals surface area contributed by atoms with Crippen molar-refractivity contribution in [3.05, 3.63) is 82.4 Å². The highest BCUT2D eigenvalue weighted by molar-refractivity contribution is 6.07. The average molecular weight is 409 g/mol. The van der Waals surface area contributed by atoms with Crippen molar-refractivity contribution in [2.75, 3.05) is 0 Å². The second-order valence-electron chi connectivity index (χ2n) is 6.95. The zero-order valence-corrected chi connectivity index (χ0v) is 16.3. The van der Waals surface area contributed by atoms with Crippen molar-refractivity contribution >= 4 is 17.5 Å². The van der Waals surface area contributed by atoms with Gasteiger partial charge in [0.1, 0.15) is 17.3 Å². The van der Waals surface area contributed by atoms with Gasteiger partial charge in [-0.15, -0.1) is 0 Å². The average Bonchev–Trinajstić information content (AvgIpc) is 3.39. The monoisotopic (exact) mass is 409 g/mol. The molecule has 8 heteroatoms. The van der Waals surface area contributed by atoms with E-state index >= 15 is 0 Å². The molecule has 0 aliphatic heterocycles. The van der Waals surface area contributed by atoms with E-state index < -0.39 is 11.7 Å². The summed E-state index contributed by atoms with van der Waals surface area (Å²) in [5, 5.41) is 6.97. The predicted octanol–water partition coefficient (Wildman–Crippen LogP) is 3.72. The highest BCUT2D eigenvalue weighted by Crippen LogP contribution is 2.30. The SMILES string of the molecule is Cc1c(C(=O)NCc2ccco2)oc2c1/C(=N/NC(=O)c1ccccc1F)CCC2. The standard InChI is InChI=1S/C22H20FN3O4/c1-13-19-17(25-26-21(27)15-7-2-3-8-16(15)23)9-4-10-18(19)30-20(13)22(28)24-12-14-6-5-11-29-14/h2-3,5-8,11H,4,9-10,12H2,1H3,(H,24,28)(H,26,27)/b25-17+. The third-order valence-electron chi connectivity index (χ3n) is 4.95. The lowest BCUT2D eigenvalue weighted by Crippen LogP contribution is -2.23. The van der Waals surface area contributed by atoms with Gasteiger partial charge in [0.25, 0.3) is 11.8 Å². The smallest absolute Gasteiger partial charge is 0.287 e. The van der Waals surface area contributed by atoms with Crippen molar-refractivity contribution < 1.29 is 22.8 Å². The van der Waals surface area contributed by atoms with Crippen LogP contribution < -0.4 is 10.7 Å². The van der Waals surface area contributed by atoms with E-state index in [1.54, 1.807) is 25.1 Å². The van der Waals surface area contributed by atoms with E-state index in [1.807, 2.05) is 0 Å². The maximum Gasteiger partial charge on any atom is 0.287 e. The van der Waals surface area contributed by atoms with E-state index in [1.165, 1.54) is 24.5 Å². The minimum Gasteiger partial charge on any atom is -0.467 e. The van der Waals surface area contributed by atoms with Crippen LogP contribution in [-0.2, 0) is 13.0 Å². The molecule has 30 heavy (non-hydrogen) atoms. The maximum atomic E-state index is 13.8. The summed E-state index contributed by atoms with van der Waals surface area (Å²) in [4.78, 5) is 24.8. The van der Waals surface area contributed by atoms with E-state index in [-0.39, 0.29) is 23.8 Å². The zero-order chi connectivity index (χ0) is 21.1. The first-order valence-corrected chi connectivity index (χ1v) is 9.59. The molecule has 1 aromatic carbocycles. The summed E-state index contributed by atoms with van der Waals surface area (Å²) in [7, 11) is 0. The highest BCUT2D eigenvalue weighted by Gasteiger charge is 2.28.